The zero-order chi connectivity index (χ0) is 98.4. The van der Waals surface area contributed by atoms with Crippen LogP contribution in [0, 0.1) is 48.4 Å². The maximum atomic E-state index is 7.84. The number of aromatic nitrogens is 5. The Bertz CT molecular complexity index is 10600. The predicted octanol–water partition coefficient (Wildman–Crippen LogP) is 32.0. The SMILES string of the molecule is Cc1ccccc1-c1c2oc3c(ccc4c5ccccc5oc43)c2cc[n+]1C.Cc1ccccc1-c1c2oc3c(ccc4oc5ccccc5c43)c2cc[n+]1C.Cc1ccccc1-c1c2oc3cc4c(cc3c2cc[n+]1C)oc1ccccc14.Cc1ccccc1-c1c2oc3cc4oc5ccccc5c4cc3c2cc[n+]1C.[2H]C([2H])([2H])c1c[n+](C)c(-c2c(C)ccc3c2oc2cc4oc5ccccc5c4cc23)cc1C. The van der Waals surface area contributed by atoms with E-state index in [2.05, 4.69) is 305 Å². The molecule has 0 aliphatic heterocycles. The van der Waals surface area contributed by atoms with Crippen LogP contribution in [-0.4, -0.2) is 0 Å². The highest BCUT2D eigenvalue weighted by Gasteiger charge is 2.32. The maximum Gasteiger partial charge on any atom is 0.256 e. The third kappa shape index (κ3) is 13.5. The third-order valence-electron chi connectivity index (χ3n) is 28.7. The number of pyridine rings is 5. The molecule has 0 radical (unpaired) electrons. The molecule has 0 saturated heterocycles. The summed E-state index contributed by atoms with van der Waals surface area (Å²) in [6.07, 6.45) is 10.1. The second kappa shape index (κ2) is 32.9. The van der Waals surface area contributed by atoms with Gasteiger partial charge in [-0.25, -0.2) is 4.57 Å². The van der Waals surface area contributed by atoms with Gasteiger partial charge in [-0.3, -0.25) is 0 Å². The number of fused-ring (bicyclic) bond motifs is 32. The quantitative estimate of drug-likeness (QED) is 0.152. The van der Waals surface area contributed by atoms with Crippen molar-refractivity contribution in [3.63, 3.8) is 0 Å². The fourth-order valence-corrected chi connectivity index (χ4v) is 21.5. The summed E-state index contributed by atoms with van der Waals surface area (Å²) < 4.78 is 96.7. The smallest absolute Gasteiger partial charge is 0.256 e. The van der Waals surface area contributed by atoms with Crippen molar-refractivity contribution in [2.45, 2.75) is 48.4 Å². The molecule has 30 rings (SSSR count). The van der Waals surface area contributed by atoms with Crippen molar-refractivity contribution in [1.82, 2.24) is 0 Å². The van der Waals surface area contributed by atoms with Crippen LogP contribution in [0.25, 0.3) is 276 Å². The Morgan fingerprint density at radius 1 is 0.183 bits per heavy atom. The van der Waals surface area contributed by atoms with Crippen LogP contribution in [0.4, 0.5) is 0 Å². The van der Waals surface area contributed by atoms with Gasteiger partial charge in [0.05, 0.1) is 33.2 Å². The van der Waals surface area contributed by atoms with Crippen LogP contribution in [0.2, 0.25) is 0 Å². The van der Waals surface area contributed by atoms with E-state index < -0.39 is 6.85 Å². The Hall–Kier alpha value is -18.0. The molecule has 30 aromatic rings. The van der Waals surface area contributed by atoms with Crippen LogP contribution in [0.5, 0.6) is 0 Å². The molecule has 15 aromatic heterocycles. The number of hydrogen-bond donors (Lipinski definition) is 0. The van der Waals surface area contributed by atoms with Gasteiger partial charge in [-0.1, -0.05) is 176 Å². The molecular weight excluding hydrogens is 1760 g/mol. The first-order valence-corrected chi connectivity index (χ1v) is 47.7. The zero-order valence-corrected chi connectivity index (χ0v) is 79.8. The van der Waals surface area contributed by atoms with E-state index in [4.69, 9.17) is 48.3 Å². The summed E-state index contributed by atoms with van der Waals surface area (Å²) in [5.74, 6) is 0. The minimum Gasteiger partial charge on any atom is -0.456 e. The number of hydrogen-bond acceptors (Lipinski definition) is 10. The molecule has 142 heavy (non-hydrogen) atoms. The van der Waals surface area contributed by atoms with Crippen LogP contribution in [0.3, 0.4) is 0 Å². The number of benzene rings is 15. The van der Waals surface area contributed by atoms with Gasteiger partial charge in [-0.05, 0) is 185 Å². The topological polar surface area (TPSA) is 151 Å². The lowest BCUT2D eigenvalue weighted by atomic mass is 9.98. The minimum absolute atomic E-state index is 0.357. The normalized spacial score (nSPS) is 12.3. The Morgan fingerprint density at radius 2 is 0.472 bits per heavy atom. The molecule has 0 unspecified atom stereocenters. The van der Waals surface area contributed by atoms with Crippen LogP contribution in [0.15, 0.2) is 397 Å². The molecule has 0 aliphatic carbocycles. The Balaban J connectivity index is 0.0000000924. The van der Waals surface area contributed by atoms with Crippen molar-refractivity contribution in [2.75, 3.05) is 0 Å². The van der Waals surface area contributed by atoms with Crippen molar-refractivity contribution in [2.24, 2.45) is 35.2 Å². The highest BCUT2D eigenvalue weighted by molar-refractivity contribution is 6.25. The molecular formula is C127H94N5O10+5. The van der Waals surface area contributed by atoms with Gasteiger partial charge in [0.2, 0.25) is 28.0 Å². The van der Waals surface area contributed by atoms with Gasteiger partial charge in [0, 0.05) is 154 Å². The van der Waals surface area contributed by atoms with Gasteiger partial charge in [0.15, 0.2) is 42.2 Å². The molecule has 0 amide bonds. The molecule has 0 aliphatic rings. The van der Waals surface area contributed by atoms with Crippen molar-refractivity contribution >= 4 is 219 Å². The van der Waals surface area contributed by atoms with Gasteiger partial charge >= 0.3 is 0 Å². The van der Waals surface area contributed by atoms with Crippen molar-refractivity contribution in [1.29, 1.82) is 0 Å². The lowest BCUT2D eigenvalue weighted by molar-refractivity contribution is -0.660. The van der Waals surface area contributed by atoms with E-state index in [1.165, 1.54) is 44.5 Å². The van der Waals surface area contributed by atoms with Gasteiger partial charge in [0.25, 0.3) is 22.8 Å². The van der Waals surface area contributed by atoms with Crippen molar-refractivity contribution in [3.05, 3.63) is 391 Å². The molecule has 15 heteroatoms. The van der Waals surface area contributed by atoms with E-state index >= 15 is 0 Å². The van der Waals surface area contributed by atoms with E-state index in [1.807, 2.05) is 141 Å². The van der Waals surface area contributed by atoms with Crippen LogP contribution >= 0.6 is 0 Å². The van der Waals surface area contributed by atoms with E-state index in [9.17, 15) is 0 Å². The highest BCUT2D eigenvalue weighted by atomic mass is 16.4. The lowest BCUT2D eigenvalue weighted by Gasteiger charge is -2.07. The minimum atomic E-state index is -2.16. The summed E-state index contributed by atoms with van der Waals surface area (Å²) >= 11 is 0. The number of furan rings is 10. The van der Waals surface area contributed by atoms with E-state index in [-0.39, 0.29) is 0 Å². The summed E-state index contributed by atoms with van der Waals surface area (Å²) in [7, 11) is 10.1. The summed E-state index contributed by atoms with van der Waals surface area (Å²) in [4.78, 5) is 0. The molecule has 0 fully saturated rings. The van der Waals surface area contributed by atoms with Gasteiger partial charge < -0.3 is 44.2 Å². The first-order valence-electron chi connectivity index (χ1n) is 49.2. The number of rotatable bonds is 5. The Kier molecular flexibility index (Phi) is 18.8. The predicted molar refractivity (Wildman–Crippen MR) is 571 cm³/mol. The van der Waals surface area contributed by atoms with Gasteiger partial charge in [0.1, 0.15) is 113 Å². The molecule has 682 valence electrons. The molecule has 0 saturated carbocycles. The number of para-hydroxylation sites is 5. The molecule has 0 spiro atoms. The second-order valence-corrected chi connectivity index (χ2v) is 37.5. The maximum absolute atomic E-state index is 7.84. The van der Waals surface area contributed by atoms with Crippen LogP contribution < -0.4 is 22.8 Å². The highest BCUT2D eigenvalue weighted by Crippen LogP contribution is 2.48. The van der Waals surface area contributed by atoms with E-state index in [0.717, 1.165) is 265 Å². The standard InChI is InChI=1S/C27H22NO2.4C25H18NO2/c1-15-9-10-19-21-12-20-18-7-5-6-8-23(18)29-24(20)13-25(21)30-27(19)26(15)22-11-16(2)17(3)14-28(22)4;1-15-7-3-4-8-16(15)24-25-18(11-12-26(24)2)20-14-22-19(13-23(20)28-25)17-9-5-6-10-21(17)27-22;1-15-7-3-4-8-16(15)24-25-18(11-12-26(24)2)20-13-19-17-9-5-6-10-21(17)27-22(19)14-23(20)28-25;1-15-7-3-4-8-16(15)23-25-18(13-14-26(23)2)17-11-12-21-22(24(17)28-25)19-9-5-6-10-20(19)27-21;1-15-7-3-4-8-16(15)22-23-20(13-14-26(22)2)19-12-11-18-17-9-5-6-10-21(17)27-24(18)25(19)28-23/h5-14H,1-4H3;4*3-14H,1-2H3/q5*+1/i3D3;;;;. The number of aryl methyl sites for hydroxylation is 12. The molecule has 15 heterocycles. The summed E-state index contributed by atoms with van der Waals surface area (Å²) in [5, 5.41) is 21.8. The monoisotopic (exact) mass is 1850 g/mol. The Labute approximate surface area is 816 Å². The van der Waals surface area contributed by atoms with E-state index in [0.29, 0.717) is 5.56 Å². The third-order valence-corrected chi connectivity index (χ3v) is 28.7. The van der Waals surface area contributed by atoms with Crippen molar-refractivity contribution in [3.8, 4) is 56.3 Å². The lowest BCUT2D eigenvalue weighted by Crippen LogP contribution is -2.31. The average Bonchev–Trinajstić information content (AvgIpc) is 1.58. The molecule has 15 nitrogen and oxygen atoms in total. The summed E-state index contributed by atoms with van der Waals surface area (Å²) in [6.45, 7) is 10.3. The molecule has 0 N–H and O–H groups in total. The Morgan fingerprint density at radius 3 is 0.930 bits per heavy atom. The summed E-state index contributed by atoms with van der Waals surface area (Å²) in [5.41, 5.74) is 35.3. The number of nitrogens with zero attached hydrogens (tertiary/aromatic N) is 5. The first kappa shape index (κ1) is 81.2. The van der Waals surface area contributed by atoms with Crippen LogP contribution in [0.1, 0.15) is 43.1 Å². The van der Waals surface area contributed by atoms with Gasteiger partial charge in [-0.2, -0.15) is 18.3 Å². The molecule has 0 bridgehead atoms. The van der Waals surface area contributed by atoms with Gasteiger partial charge in [-0.15, -0.1) is 0 Å². The fourth-order valence-electron chi connectivity index (χ4n) is 21.5. The second-order valence-electron chi connectivity index (χ2n) is 37.5. The van der Waals surface area contributed by atoms with E-state index in [1.54, 1.807) is 6.20 Å². The average molecular weight is 1850 g/mol. The zero-order valence-electron chi connectivity index (χ0n) is 82.8. The van der Waals surface area contributed by atoms with Crippen LogP contribution in [-0.2, 0) is 35.2 Å². The largest absolute Gasteiger partial charge is 0.456 e. The first-order chi connectivity index (χ1) is 70.6. The van der Waals surface area contributed by atoms with Crippen molar-refractivity contribution < 1.29 is 71.1 Å². The summed E-state index contributed by atoms with van der Waals surface area (Å²) in [6, 6.07) is 110. The fraction of sp³-hybridized carbons (Fsp3) is 0.0945. The molecule has 15 aromatic carbocycles. The molecule has 0 atom stereocenters.